The molecule has 0 aromatic rings. The maximum atomic E-state index is 11.5. The highest BCUT2D eigenvalue weighted by Gasteiger charge is 2.28. The van der Waals surface area contributed by atoms with Crippen LogP contribution in [0.25, 0.3) is 0 Å². The predicted octanol–water partition coefficient (Wildman–Crippen LogP) is -0.493. The van der Waals surface area contributed by atoms with Gasteiger partial charge in [-0.2, -0.15) is 0 Å². The van der Waals surface area contributed by atoms with Gasteiger partial charge in [0.2, 0.25) is 5.91 Å². The number of aliphatic carboxylic acids is 1. The van der Waals surface area contributed by atoms with E-state index in [0.29, 0.717) is 13.0 Å². The van der Waals surface area contributed by atoms with Crippen LogP contribution < -0.4 is 5.32 Å². The van der Waals surface area contributed by atoms with Crippen molar-refractivity contribution in [2.45, 2.75) is 37.9 Å². The first kappa shape index (κ1) is 12.9. The van der Waals surface area contributed by atoms with Crippen molar-refractivity contribution in [3.8, 4) is 0 Å². The van der Waals surface area contributed by atoms with Crippen molar-refractivity contribution < 1.29 is 24.5 Å². The van der Waals surface area contributed by atoms with Gasteiger partial charge in [0.25, 0.3) is 0 Å². The van der Waals surface area contributed by atoms with Crippen LogP contribution in [0.3, 0.4) is 0 Å². The third kappa shape index (κ3) is 4.16. The Morgan fingerprint density at radius 1 is 1.56 bits per heavy atom. The number of rotatable bonds is 5. The maximum absolute atomic E-state index is 11.5. The molecule has 6 nitrogen and oxygen atoms in total. The summed E-state index contributed by atoms with van der Waals surface area (Å²) in [6.45, 7) is 1.86. The summed E-state index contributed by atoms with van der Waals surface area (Å²) in [4.78, 5) is 21.9. The first-order valence-corrected chi connectivity index (χ1v) is 5.24. The second kappa shape index (κ2) is 5.27. The van der Waals surface area contributed by atoms with Crippen LogP contribution in [0.4, 0.5) is 0 Å². The summed E-state index contributed by atoms with van der Waals surface area (Å²) < 4.78 is 5.15. The normalized spacial score (nSPS) is 23.8. The molecule has 1 aliphatic heterocycles. The van der Waals surface area contributed by atoms with Gasteiger partial charge in [-0.1, -0.05) is 0 Å². The van der Waals surface area contributed by atoms with Gasteiger partial charge in [0.1, 0.15) is 6.10 Å². The third-order valence-corrected chi connectivity index (χ3v) is 2.40. The van der Waals surface area contributed by atoms with Gasteiger partial charge in [-0.3, -0.25) is 9.59 Å². The molecule has 0 aliphatic carbocycles. The topological polar surface area (TPSA) is 95.9 Å². The highest BCUT2D eigenvalue weighted by Crippen LogP contribution is 2.13. The Bertz CT molecular complexity index is 270. The number of hydrogen-bond donors (Lipinski definition) is 3. The zero-order valence-corrected chi connectivity index (χ0v) is 9.23. The number of carbonyl (C=O) groups is 2. The minimum Gasteiger partial charge on any atom is -0.481 e. The van der Waals surface area contributed by atoms with Crippen LogP contribution in [0.5, 0.6) is 0 Å². The van der Waals surface area contributed by atoms with E-state index < -0.39 is 24.1 Å². The standard InChI is InChI=1S/C10H17NO5/c1-10(15,5-8(12)13)6-11-9(14)7-3-2-4-16-7/h7,15H,2-6H2,1H3,(H,11,14)(H,12,13). The Balaban J connectivity index is 2.32. The number of aliphatic hydroxyl groups is 1. The molecule has 3 N–H and O–H groups in total. The molecule has 0 aromatic heterocycles. The summed E-state index contributed by atoms with van der Waals surface area (Å²) in [7, 11) is 0. The van der Waals surface area contributed by atoms with Crippen LogP contribution in [-0.2, 0) is 14.3 Å². The van der Waals surface area contributed by atoms with Crippen molar-refractivity contribution in [3.05, 3.63) is 0 Å². The Hall–Kier alpha value is -1.14. The molecule has 1 fully saturated rings. The first-order valence-electron chi connectivity index (χ1n) is 5.24. The van der Waals surface area contributed by atoms with E-state index in [2.05, 4.69) is 5.32 Å². The SMILES string of the molecule is CC(O)(CNC(=O)C1CCCO1)CC(=O)O. The Kier molecular flexibility index (Phi) is 4.26. The van der Waals surface area contributed by atoms with E-state index in [1.54, 1.807) is 0 Å². The lowest BCUT2D eigenvalue weighted by Crippen LogP contribution is -2.45. The average molecular weight is 231 g/mol. The van der Waals surface area contributed by atoms with E-state index in [9.17, 15) is 14.7 Å². The van der Waals surface area contributed by atoms with Crippen LogP contribution in [0, 0.1) is 0 Å². The minimum atomic E-state index is -1.43. The number of amides is 1. The summed E-state index contributed by atoms with van der Waals surface area (Å²) in [5, 5.41) is 20.7. The van der Waals surface area contributed by atoms with E-state index in [1.807, 2.05) is 0 Å². The number of carboxylic acid groups (broad SMARTS) is 1. The number of ether oxygens (including phenoxy) is 1. The van der Waals surface area contributed by atoms with Gasteiger partial charge in [-0.05, 0) is 19.8 Å². The van der Waals surface area contributed by atoms with E-state index in [4.69, 9.17) is 9.84 Å². The van der Waals surface area contributed by atoms with Crippen molar-refractivity contribution in [2.24, 2.45) is 0 Å². The summed E-state index contributed by atoms with van der Waals surface area (Å²) in [5.41, 5.74) is -1.43. The fraction of sp³-hybridized carbons (Fsp3) is 0.800. The molecule has 0 radical (unpaired) electrons. The summed E-state index contributed by atoms with van der Waals surface area (Å²) in [6.07, 6.45) is 0.663. The van der Waals surface area contributed by atoms with Crippen LogP contribution in [-0.4, -0.2) is 46.9 Å². The molecule has 1 amide bonds. The lowest BCUT2D eigenvalue weighted by Gasteiger charge is -2.22. The van der Waals surface area contributed by atoms with Gasteiger partial charge in [-0.15, -0.1) is 0 Å². The number of nitrogens with one attached hydrogen (secondary N) is 1. The van der Waals surface area contributed by atoms with Crippen molar-refractivity contribution in [2.75, 3.05) is 13.2 Å². The summed E-state index contributed by atoms with van der Waals surface area (Å²) >= 11 is 0. The van der Waals surface area contributed by atoms with Crippen LogP contribution in [0.2, 0.25) is 0 Å². The van der Waals surface area contributed by atoms with E-state index in [1.165, 1.54) is 6.92 Å². The second-order valence-corrected chi connectivity index (χ2v) is 4.29. The quantitative estimate of drug-likeness (QED) is 0.593. The van der Waals surface area contributed by atoms with Crippen molar-refractivity contribution >= 4 is 11.9 Å². The summed E-state index contributed by atoms with van der Waals surface area (Å²) in [5.74, 6) is -1.39. The Morgan fingerprint density at radius 3 is 2.75 bits per heavy atom. The fourth-order valence-corrected chi connectivity index (χ4v) is 1.56. The lowest BCUT2D eigenvalue weighted by molar-refractivity contribution is -0.143. The molecule has 6 heteroatoms. The zero-order chi connectivity index (χ0) is 12.2. The van der Waals surface area contributed by atoms with Gasteiger partial charge < -0.3 is 20.3 Å². The van der Waals surface area contributed by atoms with Gasteiger partial charge in [0, 0.05) is 13.2 Å². The molecule has 0 bridgehead atoms. The second-order valence-electron chi connectivity index (χ2n) is 4.29. The molecule has 0 spiro atoms. The van der Waals surface area contributed by atoms with Gasteiger partial charge in [-0.25, -0.2) is 0 Å². The van der Waals surface area contributed by atoms with Crippen molar-refractivity contribution in [1.29, 1.82) is 0 Å². The predicted molar refractivity (Wildman–Crippen MR) is 54.9 cm³/mol. The van der Waals surface area contributed by atoms with E-state index in [-0.39, 0.29) is 12.5 Å². The van der Waals surface area contributed by atoms with Crippen LogP contribution >= 0.6 is 0 Å². The fourth-order valence-electron chi connectivity index (χ4n) is 1.56. The average Bonchev–Trinajstić information content (AvgIpc) is 2.64. The van der Waals surface area contributed by atoms with Gasteiger partial charge in [0.05, 0.1) is 12.0 Å². The molecule has 0 aromatic carbocycles. The molecule has 1 heterocycles. The lowest BCUT2D eigenvalue weighted by atomic mass is 10.0. The summed E-state index contributed by atoms with van der Waals surface area (Å²) in [6, 6.07) is 0. The van der Waals surface area contributed by atoms with Crippen molar-refractivity contribution in [1.82, 2.24) is 5.32 Å². The van der Waals surface area contributed by atoms with Crippen molar-refractivity contribution in [3.63, 3.8) is 0 Å². The third-order valence-electron chi connectivity index (χ3n) is 2.40. The molecule has 2 atom stereocenters. The molecular weight excluding hydrogens is 214 g/mol. The van der Waals surface area contributed by atoms with E-state index in [0.717, 1.165) is 6.42 Å². The smallest absolute Gasteiger partial charge is 0.306 e. The largest absolute Gasteiger partial charge is 0.481 e. The number of carboxylic acids is 1. The molecule has 1 rings (SSSR count). The number of carbonyl (C=O) groups excluding carboxylic acids is 1. The Labute approximate surface area is 93.6 Å². The molecule has 1 saturated heterocycles. The highest BCUT2D eigenvalue weighted by atomic mass is 16.5. The molecule has 2 unspecified atom stereocenters. The Morgan fingerprint density at radius 2 is 2.25 bits per heavy atom. The first-order chi connectivity index (χ1) is 7.41. The van der Waals surface area contributed by atoms with Crippen LogP contribution in [0.1, 0.15) is 26.2 Å². The van der Waals surface area contributed by atoms with E-state index >= 15 is 0 Å². The number of hydrogen-bond acceptors (Lipinski definition) is 4. The van der Waals surface area contributed by atoms with Gasteiger partial charge >= 0.3 is 5.97 Å². The maximum Gasteiger partial charge on any atom is 0.306 e. The van der Waals surface area contributed by atoms with Crippen LogP contribution in [0.15, 0.2) is 0 Å². The molecular formula is C10H17NO5. The zero-order valence-electron chi connectivity index (χ0n) is 9.23. The monoisotopic (exact) mass is 231 g/mol. The highest BCUT2D eigenvalue weighted by molar-refractivity contribution is 5.81. The molecule has 92 valence electrons. The molecule has 1 aliphatic rings. The minimum absolute atomic E-state index is 0.0853. The molecule has 0 saturated carbocycles. The molecule has 16 heavy (non-hydrogen) atoms. The van der Waals surface area contributed by atoms with Gasteiger partial charge in [0.15, 0.2) is 0 Å².